The summed E-state index contributed by atoms with van der Waals surface area (Å²) >= 11 is 0. The van der Waals surface area contributed by atoms with Crippen molar-refractivity contribution in [3.05, 3.63) is 83.4 Å². The van der Waals surface area contributed by atoms with Crippen LogP contribution in [0.1, 0.15) is 35.1 Å². The molecule has 1 amide bonds. The summed E-state index contributed by atoms with van der Waals surface area (Å²) in [6.45, 7) is 0.0845. The third-order valence-electron chi connectivity index (χ3n) is 5.40. The number of carbonyl (C=O) groups is 2. The number of hydrogen-bond acceptors (Lipinski definition) is 5. The van der Waals surface area contributed by atoms with Gasteiger partial charge < -0.3 is 25.4 Å². The highest BCUT2D eigenvalue weighted by Crippen LogP contribution is 2.44. The second-order valence-corrected chi connectivity index (χ2v) is 7.36. The Balaban J connectivity index is 1.50. The molecule has 7 heteroatoms. The molecule has 0 spiro atoms. The largest absolute Gasteiger partial charge is 0.508 e. The maximum atomic E-state index is 12.5. The predicted octanol–water partition coefficient (Wildman–Crippen LogP) is 4.15. The first-order chi connectivity index (χ1) is 14.9. The fraction of sp³-hybridized carbons (Fsp3) is 0.167. The summed E-state index contributed by atoms with van der Waals surface area (Å²) in [6.07, 6.45) is -1.25. The highest BCUT2D eigenvalue weighted by molar-refractivity contribution is 5.79. The van der Waals surface area contributed by atoms with Crippen molar-refractivity contribution in [3.63, 3.8) is 0 Å². The Hall–Kier alpha value is -4.00. The number of phenolic OH excluding ortho intramolecular Hbond substituents is 2. The number of carboxylic acid groups (broad SMARTS) is 1. The molecule has 1 aliphatic rings. The first-order valence-corrected chi connectivity index (χ1v) is 9.79. The van der Waals surface area contributed by atoms with E-state index in [1.807, 2.05) is 48.5 Å². The number of benzene rings is 3. The van der Waals surface area contributed by atoms with Crippen molar-refractivity contribution in [3.8, 4) is 22.6 Å². The fourth-order valence-corrected chi connectivity index (χ4v) is 4.02. The molecule has 0 aromatic heterocycles. The second kappa shape index (κ2) is 8.39. The third kappa shape index (κ3) is 4.16. The van der Waals surface area contributed by atoms with Gasteiger partial charge in [-0.25, -0.2) is 4.79 Å². The van der Waals surface area contributed by atoms with E-state index >= 15 is 0 Å². The van der Waals surface area contributed by atoms with E-state index in [0.717, 1.165) is 28.3 Å². The number of phenols is 2. The van der Waals surface area contributed by atoms with Crippen molar-refractivity contribution >= 4 is 12.1 Å². The Morgan fingerprint density at radius 2 is 1.55 bits per heavy atom. The van der Waals surface area contributed by atoms with Crippen molar-refractivity contribution in [1.82, 2.24) is 5.32 Å². The van der Waals surface area contributed by atoms with E-state index in [1.54, 1.807) is 0 Å². The highest BCUT2D eigenvalue weighted by Gasteiger charge is 2.29. The molecule has 0 saturated carbocycles. The molecule has 1 aliphatic carbocycles. The molecule has 7 nitrogen and oxygen atoms in total. The molecule has 0 fully saturated rings. The average Bonchev–Trinajstić information content (AvgIpc) is 3.05. The molecule has 3 aromatic carbocycles. The Labute approximate surface area is 178 Å². The topological polar surface area (TPSA) is 116 Å². The highest BCUT2D eigenvalue weighted by atomic mass is 16.5. The summed E-state index contributed by atoms with van der Waals surface area (Å²) in [4.78, 5) is 23.8. The van der Waals surface area contributed by atoms with E-state index in [4.69, 9.17) is 4.74 Å². The van der Waals surface area contributed by atoms with Crippen LogP contribution in [0.25, 0.3) is 11.1 Å². The van der Waals surface area contributed by atoms with E-state index in [2.05, 4.69) is 5.32 Å². The average molecular weight is 419 g/mol. The number of aliphatic carboxylic acids is 1. The number of rotatable bonds is 6. The summed E-state index contributed by atoms with van der Waals surface area (Å²) in [6, 6.07) is 18.6. The first-order valence-electron chi connectivity index (χ1n) is 9.79. The summed E-state index contributed by atoms with van der Waals surface area (Å²) in [5.41, 5.74) is 4.51. The Morgan fingerprint density at radius 3 is 2.13 bits per heavy atom. The van der Waals surface area contributed by atoms with Crippen molar-refractivity contribution in [2.24, 2.45) is 0 Å². The third-order valence-corrected chi connectivity index (χ3v) is 5.40. The molecule has 0 saturated heterocycles. The second-order valence-electron chi connectivity index (χ2n) is 7.36. The first kappa shape index (κ1) is 20.3. The number of carboxylic acids is 1. The van der Waals surface area contributed by atoms with Gasteiger partial charge in [0.2, 0.25) is 0 Å². The molecule has 4 rings (SSSR count). The van der Waals surface area contributed by atoms with Crippen LogP contribution < -0.4 is 5.32 Å². The number of aromatic hydroxyl groups is 2. The molecule has 1 unspecified atom stereocenters. The van der Waals surface area contributed by atoms with Gasteiger partial charge in [0.05, 0.1) is 12.5 Å². The summed E-state index contributed by atoms with van der Waals surface area (Å²) < 4.78 is 5.46. The molecule has 3 aromatic rings. The standard InChI is InChI=1S/C24H21NO6/c26-14-9-10-19(22(27)11-14)21(12-23(28)29)25-24(30)31-13-20-17-7-3-1-5-15(17)16-6-2-4-8-18(16)20/h1-11,20-21,26-27H,12-13H2,(H,25,30)(H,28,29). The van der Waals surface area contributed by atoms with Crippen LogP contribution >= 0.6 is 0 Å². The molecule has 0 aliphatic heterocycles. The summed E-state index contributed by atoms with van der Waals surface area (Å²) in [7, 11) is 0. The van der Waals surface area contributed by atoms with Crippen molar-refractivity contribution in [2.75, 3.05) is 6.61 Å². The lowest BCUT2D eigenvalue weighted by atomic mass is 9.98. The van der Waals surface area contributed by atoms with E-state index in [9.17, 15) is 24.9 Å². The minimum atomic E-state index is -1.16. The molecular formula is C24H21NO6. The van der Waals surface area contributed by atoms with Gasteiger partial charge in [0.1, 0.15) is 18.1 Å². The van der Waals surface area contributed by atoms with Gasteiger partial charge in [-0.3, -0.25) is 4.79 Å². The van der Waals surface area contributed by atoms with Gasteiger partial charge in [-0.15, -0.1) is 0 Å². The molecular weight excluding hydrogens is 398 g/mol. The molecule has 0 radical (unpaired) electrons. The molecule has 0 bridgehead atoms. The molecule has 0 heterocycles. The Bertz CT molecular complexity index is 1100. The van der Waals surface area contributed by atoms with Gasteiger partial charge in [-0.2, -0.15) is 0 Å². The normalized spacial score (nSPS) is 13.2. The number of ether oxygens (including phenoxy) is 1. The maximum absolute atomic E-state index is 12.5. The Morgan fingerprint density at radius 1 is 0.935 bits per heavy atom. The van der Waals surface area contributed by atoms with E-state index in [-0.39, 0.29) is 29.6 Å². The summed E-state index contributed by atoms with van der Waals surface area (Å²) in [5, 5.41) is 31.2. The summed E-state index contributed by atoms with van der Waals surface area (Å²) in [5.74, 6) is -1.77. The number of hydrogen-bond donors (Lipinski definition) is 4. The fourth-order valence-electron chi connectivity index (χ4n) is 4.02. The molecule has 4 N–H and O–H groups in total. The zero-order valence-corrected chi connectivity index (χ0v) is 16.5. The Kier molecular flexibility index (Phi) is 5.49. The van der Waals surface area contributed by atoms with Gasteiger partial charge in [0.15, 0.2) is 0 Å². The van der Waals surface area contributed by atoms with Gasteiger partial charge in [0, 0.05) is 17.5 Å². The van der Waals surface area contributed by atoms with Crippen molar-refractivity contribution in [2.45, 2.75) is 18.4 Å². The van der Waals surface area contributed by atoms with Gasteiger partial charge >= 0.3 is 12.1 Å². The van der Waals surface area contributed by atoms with Crippen LogP contribution in [0, 0.1) is 0 Å². The van der Waals surface area contributed by atoms with E-state index in [0.29, 0.717) is 0 Å². The van der Waals surface area contributed by atoms with Crippen LogP contribution in [0.15, 0.2) is 66.7 Å². The number of nitrogens with one attached hydrogen (secondary N) is 1. The number of fused-ring (bicyclic) bond motifs is 3. The van der Waals surface area contributed by atoms with Crippen molar-refractivity contribution < 1.29 is 29.6 Å². The minimum absolute atomic E-state index is 0.0845. The van der Waals surface area contributed by atoms with Crippen LogP contribution in [-0.4, -0.2) is 34.0 Å². The maximum Gasteiger partial charge on any atom is 0.407 e. The van der Waals surface area contributed by atoms with Crippen molar-refractivity contribution in [1.29, 1.82) is 0 Å². The van der Waals surface area contributed by atoms with E-state index in [1.165, 1.54) is 12.1 Å². The molecule has 1 atom stereocenters. The molecule has 158 valence electrons. The van der Waals surface area contributed by atoms with E-state index < -0.39 is 24.5 Å². The minimum Gasteiger partial charge on any atom is -0.508 e. The van der Waals surface area contributed by atoms with Crippen LogP contribution in [0.3, 0.4) is 0 Å². The lowest BCUT2D eigenvalue weighted by molar-refractivity contribution is -0.137. The number of alkyl carbamates (subject to hydrolysis) is 1. The quantitative estimate of drug-likeness (QED) is 0.477. The van der Waals surface area contributed by atoms with Crippen LogP contribution in [-0.2, 0) is 9.53 Å². The number of carbonyl (C=O) groups excluding carboxylic acids is 1. The van der Waals surface area contributed by atoms with Crippen LogP contribution in [0.5, 0.6) is 11.5 Å². The van der Waals surface area contributed by atoms with Gasteiger partial charge in [-0.05, 0) is 34.4 Å². The zero-order chi connectivity index (χ0) is 22.0. The lowest BCUT2D eigenvalue weighted by Crippen LogP contribution is -2.31. The lowest BCUT2D eigenvalue weighted by Gasteiger charge is -2.20. The van der Waals surface area contributed by atoms with Gasteiger partial charge in [0.25, 0.3) is 0 Å². The predicted molar refractivity (Wildman–Crippen MR) is 113 cm³/mol. The van der Waals surface area contributed by atoms with Gasteiger partial charge in [-0.1, -0.05) is 48.5 Å². The number of amides is 1. The SMILES string of the molecule is O=C(O)CC(NC(=O)OCC1c2ccccc2-c2ccccc21)c1ccc(O)cc1O. The van der Waals surface area contributed by atoms with Crippen LogP contribution in [0.2, 0.25) is 0 Å². The molecule has 31 heavy (non-hydrogen) atoms. The van der Waals surface area contributed by atoms with Crippen LogP contribution in [0.4, 0.5) is 4.79 Å². The monoisotopic (exact) mass is 419 g/mol. The zero-order valence-electron chi connectivity index (χ0n) is 16.5. The smallest absolute Gasteiger partial charge is 0.407 e.